The average molecular weight is 404 g/mol. The Balaban J connectivity index is 1.44. The van der Waals surface area contributed by atoms with Crippen LogP contribution in [-0.2, 0) is 11.3 Å². The van der Waals surface area contributed by atoms with Crippen LogP contribution in [0.5, 0.6) is 17.2 Å². The molecule has 7 heteroatoms. The van der Waals surface area contributed by atoms with Crippen LogP contribution in [0, 0.1) is 11.3 Å². The van der Waals surface area contributed by atoms with Crippen LogP contribution in [0.25, 0.3) is 0 Å². The fraction of sp³-hybridized carbons (Fsp3) is 0.682. The monoisotopic (exact) mass is 403 g/mol. The van der Waals surface area contributed by atoms with Crippen molar-refractivity contribution in [1.82, 2.24) is 10.6 Å². The Morgan fingerprint density at radius 3 is 2.41 bits per heavy atom. The summed E-state index contributed by atoms with van der Waals surface area (Å²) in [7, 11) is 6.70. The minimum absolute atomic E-state index is 0.297. The number of benzene rings is 1. The van der Waals surface area contributed by atoms with E-state index >= 15 is 0 Å². The first kappa shape index (κ1) is 20.1. The molecule has 160 valence electrons. The third kappa shape index (κ3) is 3.39. The van der Waals surface area contributed by atoms with Crippen LogP contribution < -0.4 is 24.8 Å². The molecule has 0 amide bonds. The Morgan fingerprint density at radius 1 is 1.14 bits per heavy atom. The van der Waals surface area contributed by atoms with Gasteiger partial charge in [0.1, 0.15) is 0 Å². The second kappa shape index (κ2) is 8.30. The lowest BCUT2D eigenvalue weighted by molar-refractivity contribution is -0.125. The Labute approximate surface area is 173 Å². The maximum atomic E-state index is 6.10. The van der Waals surface area contributed by atoms with E-state index in [0.717, 1.165) is 24.6 Å². The zero-order valence-electron chi connectivity index (χ0n) is 17.9. The average Bonchev–Trinajstić information content (AvgIpc) is 3.42. The second-order valence-electron chi connectivity index (χ2n) is 8.27. The van der Waals surface area contributed by atoms with Gasteiger partial charge in [0.05, 0.1) is 27.4 Å². The molecule has 7 nitrogen and oxygen atoms in total. The molecule has 29 heavy (non-hydrogen) atoms. The molecule has 0 aromatic heterocycles. The van der Waals surface area contributed by atoms with Gasteiger partial charge in [0.2, 0.25) is 5.75 Å². The van der Waals surface area contributed by atoms with Gasteiger partial charge in [-0.3, -0.25) is 4.99 Å². The molecule has 2 saturated carbocycles. The van der Waals surface area contributed by atoms with Gasteiger partial charge in [-0.2, -0.15) is 0 Å². The molecule has 1 saturated heterocycles. The molecule has 1 aliphatic heterocycles. The van der Waals surface area contributed by atoms with E-state index in [1.807, 2.05) is 19.2 Å². The van der Waals surface area contributed by atoms with Gasteiger partial charge in [0.25, 0.3) is 0 Å². The molecule has 0 bridgehead atoms. The predicted octanol–water partition coefficient (Wildman–Crippen LogP) is 2.73. The van der Waals surface area contributed by atoms with Gasteiger partial charge in [-0.05, 0) is 37.0 Å². The van der Waals surface area contributed by atoms with E-state index in [2.05, 4.69) is 15.6 Å². The van der Waals surface area contributed by atoms with Crippen molar-refractivity contribution in [2.75, 3.05) is 35.0 Å². The van der Waals surface area contributed by atoms with Crippen molar-refractivity contribution >= 4 is 5.96 Å². The summed E-state index contributed by atoms with van der Waals surface area (Å²) >= 11 is 0. The molecule has 4 rings (SSSR count). The Morgan fingerprint density at radius 2 is 1.83 bits per heavy atom. The van der Waals surface area contributed by atoms with Crippen molar-refractivity contribution in [3.8, 4) is 17.2 Å². The van der Waals surface area contributed by atoms with E-state index in [-0.39, 0.29) is 0 Å². The molecular weight excluding hydrogens is 370 g/mol. The van der Waals surface area contributed by atoms with Crippen LogP contribution in [-0.4, -0.2) is 53.1 Å². The molecule has 3 aliphatic rings. The fourth-order valence-corrected chi connectivity index (χ4v) is 5.67. The van der Waals surface area contributed by atoms with Gasteiger partial charge >= 0.3 is 0 Å². The van der Waals surface area contributed by atoms with Gasteiger partial charge in [0.15, 0.2) is 17.5 Å². The Bertz CT molecular complexity index is 735. The molecule has 3 unspecified atom stereocenters. The zero-order chi connectivity index (χ0) is 20.4. The van der Waals surface area contributed by atoms with E-state index in [9.17, 15) is 0 Å². The molecule has 3 fully saturated rings. The number of fused-ring (bicyclic) bond motifs is 2. The quantitative estimate of drug-likeness (QED) is 0.562. The normalized spacial score (nSPS) is 27.3. The lowest BCUT2D eigenvalue weighted by Gasteiger charge is -2.57. The second-order valence-corrected chi connectivity index (χ2v) is 8.27. The van der Waals surface area contributed by atoms with Gasteiger partial charge in [-0.25, -0.2) is 0 Å². The predicted molar refractivity (Wildman–Crippen MR) is 112 cm³/mol. The summed E-state index contributed by atoms with van der Waals surface area (Å²) in [5.41, 5.74) is 1.33. The molecule has 1 spiro atoms. The number of rotatable bonds is 6. The van der Waals surface area contributed by atoms with E-state index in [1.165, 1.54) is 25.7 Å². The number of hydrogen-bond donors (Lipinski definition) is 2. The highest BCUT2D eigenvalue weighted by Crippen LogP contribution is 2.60. The summed E-state index contributed by atoms with van der Waals surface area (Å²) in [6, 6.07) is 4.37. The summed E-state index contributed by atoms with van der Waals surface area (Å²) in [6.45, 7) is 1.51. The topological polar surface area (TPSA) is 73.3 Å². The summed E-state index contributed by atoms with van der Waals surface area (Å²) in [6.07, 6.45) is 6.72. The van der Waals surface area contributed by atoms with Crippen molar-refractivity contribution in [2.24, 2.45) is 16.3 Å². The first-order valence-electron chi connectivity index (χ1n) is 10.5. The SMILES string of the molecule is CN=C(NCc1cc(OC)c(OC)c(OC)c1)NC1C2CCOC2C12CCCC2. The van der Waals surface area contributed by atoms with Crippen molar-refractivity contribution < 1.29 is 18.9 Å². The summed E-state index contributed by atoms with van der Waals surface area (Å²) < 4.78 is 22.4. The van der Waals surface area contributed by atoms with Crippen molar-refractivity contribution in [1.29, 1.82) is 0 Å². The molecule has 1 aromatic carbocycles. The number of methoxy groups -OCH3 is 3. The summed E-state index contributed by atoms with van der Waals surface area (Å²) in [5, 5.41) is 7.19. The van der Waals surface area contributed by atoms with Crippen LogP contribution >= 0.6 is 0 Å². The van der Waals surface area contributed by atoms with Gasteiger partial charge < -0.3 is 29.6 Å². The molecule has 2 N–H and O–H groups in total. The maximum Gasteiger partial charge on any atom is 0.203 e. The number of ether oxygens (including phenoxy) is 4. The van der Waals surface area contributed by atoms with Crippen LogP contribution in [0.1, 0.15) is 37.7 Å². The van der Waals surface area contributed by atoms with E-state index in [4.69, 9.17) is 18.9 Å². The van der Waals surface area contributed by atoms with Gasteiger partial charge in [-0.1, -0.05) is 12.8 Å². The third-order valence-electron chi connectivity index (χ3n) is 6.99. The van der Waals surface area contributed by atoms with E-state index < -0.39 is 0 Å². The minimum atomic E-state index is 0.297. The Kier molecular flexibility index (Phi) is 5.76. The molecule has 2 aliphatic carbocycles. The third-order valence-corrected chi connectivity index (χ3v) is 6.99. The molecular formula is C22H33N3O4. The molecule has 1 aromatic rings. The van der Waals surface area contributed by atoms with E-state index in [0.29, 0.717) is 47.3 Å². The smallest absolute Gasteiger partial charge is 0.203 e. The summed E-state index contributed by atoms with van der Waals surface area (Å²) in [5.74, 6) is 3.35. The number of nitrogens with one attached hydrogen (secondary N) is 2. The van der Waals surface area contributed by atoms with Crippen LogP contribution in [0.3, 0.4) is 0 Å². The lowest BCUT2D eigenvalue weighted by atomic mass is 9.54. The molecule has 3 atom stereocenters. The van der Waals surface area contributed by atoms with Gasteiger partial charge in [0, 0.05) is 37.6 Å². The number of hydrogen-bond acceptors (Lipinski definition) is 5. The summed E-state index contributed by atoms with van der Waals surface area (Å²) in [4.78, 5) is 4.48. The minimum Gasteiger partial charge on any atom is -0.493 e. The van der Waals surface area contributed by atoms with Crippen molar-refractivity contribution in [3.05, 3.63) is 17.7 Å². The van der Waals surface area contributed by atoms with Crippen LogP contribution in [0.15, 0.2) is 17.1 Å². The highest BCUT2D eigenvalue weighted by atomic mass is 16.5. The Hall–Kier alpha value is -2.15. The van der Waals surface area contributed by atoms with Crippen LogP contribution in [0.4, 0.5) is 0 Å². The zero-order valence-corrected chi connectivity index (χ0v) is 17.9. The van der Waals surface area contributed by atoms with Crippen molar-refractivity contribution in [3.63, 3.8) is 0 Å². The lowest BCUT2D eigenvalue weighted by Crippen LogP contribution is -2.69. The molecule has 0 radical (unpaired) electrons. The highest BCUT2D eigenvalue weighted by molar-refractivity contribution is 5.80. The first-order chi connectivity index (χ1) is 14.2. The number of aliphatic imine (C=N–C) groups is 1. The van der Waals surface area contributed by atoms with E-state index in [1.54, 1.807) is 21.3 Å². The standard InChI is InChI=1S/C22H33N3O4/c1-23-21(24-13-14-11-16(26-2)18(28-4)17(12-14)27-3)25-19-15-7-10-29-20(15)22(19)8-5-6-9-22/h11-12,15,19-20H,5-10,13H2,1-4H3,(H2,23,24,25). The van der Waals surface area contributed by atoms with Crippen molar-refractivity contribution in [2.45, 2.75) is 50.8 Å². The number of guanidine groups is 1. The van der Waals surface area contributed by atoms with Gasteiger partial charge in [-0.15, -0.1) is 0 Å². The molecule has 1 heterocycles. The van der Waals surface area contributed by atoms with Crippen LogP contribution in [0.2, 0.25) is 0 Å². The fourth-order valence-electron chi connectivity index (χ4n) is 5.67. The maximum absolute atomic E-state index is 6.10. The first-order valence-corrected chi connectivity index (χ1v) is 10.5. The largest absolute Gasteiger partial charge is 0.493 e. The number of nitrogens with zero attached hydrogens (tertiary/aromatic N) is 1. The highest BCUT2D eigenvalue weighted by Gasteiger charge is 2.65.